The average molecular weight is 442 g/mol. The lowest BCUT2D eigenvalue weighted by Crippen LogP contribution is -2.48. The predicted molar refractivity (Wildman–Crippen MR) is 107 cm³/mol. The molecule has 0 aromatic heterocycles. The summed E-state index contributed by atoms with van der Waals surface area (Å²) in [5.41, 5.74) is -0.0198. The minimum absolute atomic E-state index is 0.0198. The number of ether oxygens (including phenoxy) is 2. The number of morpholine rings is 1. The van der Waals surface area contributed by atoms with Gasteiger partial charge in [-0.25, -0.2) is 18.0 Å². The fourth-order valence-electron chi connectivity index (χ4n) is 2.92. The highest BCUT2D eigenvalue weighted by molar-refractivity contribution is 7.89. The van der Waals surface area contributed by atoms with E-state index in [9.17, 15) is 22.8 Å². The van der Waals surface area contributed by atoms with E-state index in [0.29, 0.717) is 13.0 Å². The Morgan fingerprint density at radius 2 is 1.87 bits per heavy atom. The van der Waals surface area contributed by atoms with Crippen LogP contribution in [0.4, 0.5) is 4.79 Å². The Morgan fingerprint density at radius 1 is 1.20 bits per heavy atom. The highest BCUT2D eigenvalue weighted by Gasteiger charge is 2.32. The van der Waals surface area contributed by atoms with Gasteiger partial charge in [0.2, 0.25) is 10.0 Å². The van der Waals surface area contributed by atoms with Gasteiger partial charge >= 0.3 is 12.0 Å². The number of sulfonamides is 1. The van der Waals surface area contributed by atoms with Crippen LogP contribution in [0.1, 0.15) is 37.6 Å². The van der Waals surface area contributed by atoms with Gasteiger partial charge in [0.1, 0.15) is 0 Å². The second-order valence-electron chi connectivity index (χ2n) is 6.99. The lowest BCUT2D eigenvalue weighted by Gasteiger charge is -2.34. The van der Waals surface area contributed by atoms with Crippen molar-refractivity contribution in [3.05, 3.63) is 29.8 Å². The zero-order valence-electron chi connectivity index (χ0n) is 17.2. The third-order valence-corrected chi connectivity index (χ3v) is 6.04. The molecule has 10 nitrogen and oxygen atoms in total. The smallest absolute Gasteiger partial charge is 0.338 e. The summed E-state index contributed by atoms with van der Waals surface area (Å²) in [4.78, 5) is 35.3. The van der Waals surface area contributed by atoms with Gasteiger partial charge in [-0.3, -0.25) is 10.1 Å². The highest BCUT2D eigenvalue weighted by Crippen LogP contribution is 2.22. The second kappa shape index (κ2) is 10.5. The molecular weight excluding hydrogens is 414 g/mol. The Morgan fingerprint density at radius 3 is 2.50 bits per heavy atom. The van der Waals surface area contributed by atoms with Crippen LogP contribution in [-0.4, -0.2) is 69.1 Å². The molecule has 1 saturated heterocycles. The van der Waals surface area contributed by atoms with Crippen molar-refractivity contribution in [2.24, 2.45) is 0 Å². The molecule has 0 bridgehead atoms. The SMILES string of the molecule is CCCNC(=O)NC(=O)COC(=O)c1cccc(S(=O)(=O)N2CC(C)OC(C)C2)c1. The Bertz CT molecular complexity index is 878. The van der Waals surface area contributed by atoms with Crippen molar-refractivity contribution in [1.82, 2.24) is 14.9 Å². The topological polar surface area (TPSA) is 131 Å². The zero-order valence-corrected chi connectivity index (χ0v) is 18.0. The van der Waals surface area contributed by atoms with Crippen molar-refractivity contribution < 1.29 is 32.3 Å². The van der Waals surface area contributed by atoms with E-state index in [4.69, 9.17) is 9.47 Å². The van der Waals surface area contributed by atoms with E-state index in [1.165, 1.54) is 28.6 Å². The number of carbonyl (C=O) groups is 3. The van der Waals surface area contributed by atoms with Crippen molar-refractivity contribution in [2.45, 2.75) is 44.3 Å². The number of urea groups is 1. The number of rotatable bonds is 7. The summed E-state index contributed by atoms with van der Waals surface area (Å²) in [6, 6.07) is 4.72. The van der Waals surface area contributed by atoms with E-state index >= 15 is 0 Å². The molecule has 0 saturated carbocycles. The van der Waals surface area contributed by atoms with Gasteiger partial charge in [0, 0.05) is 19.6 Å². The van der Waals surface area contributed by atoms with Crippen LogP contribution in [0.25, 0.3) is 0 Å². The first-order valence-corrected chi connectivity index (χ1v) is 11.1. The van der Waals surface area contributed by atoms with E-state index in [-0.39, 0.29) is 35.8 Å². The summed E-state index contributed by atoms with van der Waals surface area (Å²) in [6.45, 7) is 5.59. The Hall–Kier alpha value is -2.50. The van der Waals surface area contributed by atoms with Crippen LogP contribution in [0.15, 0.2) is 29.2 Å². The summed E-state index contributed by atoms with van der Waals surface area (Å²) < 4.78 is 37.6. The minimum atomic E-state index is -3.83. The average Bonchev–Trinajstić information content (AvgIpc) is 2.69. The van der Waals surface area contributed by atoms with Crippen LogP contribution in [0.2, 0.25) is 0 Å². The molecule has 1 aromatic rings. The fourth-order valence-corrected chi connectivity index (χ4v) is 4.56. The largest absolute Gasteiger partial charge is 0.452 e. The molecule has 0 aliphatic carbocycles. The number of amides is 3. The van der Waals surface area contributed by atoms with Crippen LogP contribution in [0.3, 0.4) is 0 Å². The molecule has 1 aliphatic heterocycles. The molecular formula is C19H27N3O7S. The number of nitrogens with one attached hydrogen (secondary N) is 2. The van der Waals surface area contributed by atoms with Gasteiger partial charge in [0.25, 0.3) is 5.91 Å². The van der Waals surface area contributed by atoms with Crippen LogP contribution in [0.5, 0.6) is 0 Å². The number of carbonyl (C=O) groups excluding carboxylic acids is 3. The fraction of sp³-hybridized carbons (Fsp3) is 0.526. The highest BCUT2D eigenvalue weighted by atomic mass is 32.2. The van der Waals surface area contributed by atoms with Crippen LogP contribution in [0, 0.1) is 0 Å². The first kappa shape index (κ1) is 23.8. The molecule has 30 heavy (non-hydrogen) atoms. The number of benzene rings is 1. The summed E-state index contributed by atoms with van der Waals surface area (Å²) in [5.74, 6) is -1.67. The summed E-state index contributed by atoms with van der Waals surface area (Å²) in [6.07, 6.45) is 0.215. The molecule has 1 fully saturated rings. The van der Waals surface area contributed by atoms with Crippen molar-refractivity contribution in [3.63, 3.8) is 0 Å². The number of hydrogen-bond acceptors (Lipinski definition) is 7. The molecule has 3 amide bonds. The van der Waals surface area contributed by atoms with Crippen molar-refractivity contribution in [1.29, 1.82) is 0 Å². The van der Waals surface area contributed by atoms with Gasteiger partial charge in [-0.1, -0.05) is 13.0 Å². The van der Waals surface area contributed by atoms with E-state index in [0.717, 1.165) is 0 Å². The predicted octanol–water partition coefficient (Wildman–Crippen LogP) is 0.877. The quantitative estimate of drug-likeness (QED) is 0.601. The molecule has 0 spiro atoms. The van der Waals surface area contributed by atoms with Gasteiger partial charge in [0.05, 0.1) is 22.7 Å². The van der Waals surface area contributed by atoms with Gasteiger partial charge in [0.15, 0.2) is 6.61 Å². The second-order valence-corrected chi connectivity index (χ2v) is 8.93. The van der Waals surface area contributed by atoms with Crippen LogP contribution < -0.4 is 10.6 Å². The molecule has 1 heterocycles. The Kier molecular flexibility index (Phi) is 8.33. The number of hydrogen-bond donors (Lipinski definition) is 2. The zero-order chi connectivity index (χ0) is 22.3. The summed E-state index contributed by atoms with van der Waals surface area (Å²) >= 11 is 0. The van der Waals surface area contributed by atoms with Crippen LogP contribution in [-0.2, 0) is 24.3 Å². The van der Waals surface area contributed by atoms with E-state index in [1.54, 1.807) is 13.8 Å². The normalized spacial score (nSPS) is 19.7. The third-order valence-electron chi connectivity index (χ3n) is 4.22. The number of imide groups is 1. The maximum atomic E-state index is 12.9. The van der Waals surface area contributed by atoms with E-state index in [1.807, 2.05) is 12.2 Å². The molecule has 2 N–H and O–H groups in total. The molecule has 2 atom stereocenters. The molecule has 11 heteroatoms. The van der Waals surface area contributed by atoms with Gasteiger partial charge in [-0.15, -0.1) is 0 Å². The van der Waals surface area contributed by atoms with Gasteiger partial charge in [-0.05, 0) is 38.5 Å². The van der Waals surface area contributed by atoms with E-state index < -0.39 is 34.5 Å². The molecule has 1 aromatic carbocycles. The standard InChI is InChI=1S/C19H27N3O7S/c1-4-8-20-19(25)21-17(23)12-28-18(24)15-6-5-7-16(9-15)30(26,27)22-10-13(2)29-14(3)11-22/h5-7,9,13-14H,4,8,10-12H2,1-3H3,(H2,20,21,23,25). The lowest BCUT2D eigenvalue weighted by molar-refractivity contribution is -0.123. The number of nitrogens with zero attached hydrogens (tertiary/aromatic N) is 1. The summed E-state index contributed by atoms with van der Waals surface area (Å²) in [7, 11) is -3.83. The van der Waals surface area contributed by atoms with E-state index in [2.05, 4.69) is 5.32 Å². The van der Waals surface area contributed by atoms with Gasteiger partial charge in [-0.2, -0.15) is 4.31 Å². The Labute approximate surface area is 176 Å². The first-order chi connectivity index (χ1) is 14.1. The monoisotopic (exact) mass is 441 g/mol. The molecule has 2 unspecified atom stereocenters. The van der Waals surface area contributed by atoms with Crippen LogP contribution >= 0.6 is 0 Å². The van der Waals surface area contributed by atoms with Crippen molar-refractivity contribution >= 4 is 27.9 Å². The molecule has 0 radical (unpaired) electrons. The number of esters is 1. The Balaban J connectivity index is 2.01. The van der Waals surface area contributed by atoms with Gasteiger partial charge < -0.3 is 14.8 Å². The van der Waals surface area contributed by atoms with Crippen molar-refractivity contribution in [2.75, 3.05) is 26.2 Å². The first-order valence-electron chi connectivity index (χ1n) is 9.64. The maximum absolute atomic E-state index is 12.9. The lowest BCUT2D eigenvalue weighted by atomic mass is 10.2. The molecule has 166 valence electrons. The van der Waals surface area contributed by atoms with Crippen molar-refractivity contribution in [3.8, 4) is 0 Å². The molecule has 1 aliphatic rings. The summed E-state index contributed by atoms with van der Waals surface area (Å²) in [5, 5.41) is 4.48. The molecule has 2 rings (SSSR count). The third kappa shape index (κ3) is 6.51. The minimum Gasteiger partial charge on any atom is -0.452 e. The maximum Gasteiger partial charge on any atom is 0.338 e.